The van der Waals surface area contributed by atoms with E-state index in [9.17, 15) is 9.18 Å². The van der Waals surface area contributed by atoms with Crippen molar-refractivity contribution in [3.8, 4) is 0 Å². The normalized spacial score (nSPS) is 14.1. The Labute approximate surface area is 174 Å². The minimum atomic E-state index is -0.593. The van der Waals surface area contributed by atoms with Gasteiger partial charge in [-0.1, -0.05) is 48.5 Å². The van der Waals surface area contributed by atoms with E-state index in [0.29, 0.717) is 29.5 Å². The lowest BCUT2D eigenvalue weighted by Gasteiger charge is -2.41. The molecule has 0 atom stereocenters. The second-order valence-electron chi connectivity index (χ2n) is 7.68. The van der Waals surface area contributed by atoms with Gasteiger partial charge in [0.25, 0.3) is 0 Å². The molecule has 146 valence electrons. The lowest BCUT2D eigenvalue weighted by Crippen LogP contribution is -2.40. The summed E-state index contributed by atoms with van der Waals surface area (Å²) in [5.74, 6) is -0.319. The third-order valence-corrected chi connectivity index (χ3v) is 5.98. The number of benzene rings is 2. The molecule has 2 aromatic heterocycles. The number of hydrogen-bond acceptors (Lipinski definition) is 3. The molecular formula is C26H19FN2O. The van der Waals surface area contributed by atoms with Gasteiger partial charge in [-0.2, -0.15) is 0 Å². The Morgan fingerprint density at radius 1 is 0.733 bits per heavy atom. The minimum absolute atomic E-state index is 0.0155. The summed E-state index contributed by atoms with van der Waals surface area (Å²) in [7, 11) is 0. The average molecular weight is 394 g/mol. The van der Waals surface area contributed by atoms with Gasteiger partial charge in [-0.15, -0.1) is 0 Å². The number of carbonyl (C=O) groups excluding carboxylic acids is 1. The Morgan fingerprint density at radius 2 is 1.33 bits per heavy atom. The van der Waals surface area contributed by atoms with Crippen LogP contribution in [0.4, 0.5) is 4.39 Å². The molecule has 30 heavy (non-hydrogen) atoms. The van der Waals surface area contributed by atoms with Crippen LogP contribution in [0.15, 0.2) is 91.5 Å². The first-order chi connectivity index (χ1) is 14.7. The van der Waals surface area contributed by atoms with E-state index in [4.69, 9.17) is 0 Å². The van der Waals surface area contributed by atoms with Crippen molar-refractivity contribution in [2.24, 2.45) is 0 Å². The van der Waals surface area contributed by atoms with Crippen LogP contribution < -0.4 is 0 Å². The molecule has 0 N–H and O–H groups in total. The zero-order valence-corrected chi connectivity index (χ0v) is 16.3. The van der Waals surface area contributed by atoms with Crippen LogP contribution in [0.25, 0.3) is 0 Å². The van der Waals surface area contributed by atoms with Crippen molar-refractivity contribution in [3.63, 3.8) is 0 Å². The van der Waals surface area contributed by atoms with Crippen LogP contribution in [0.2, 0.25) is 0 Å². The van der Waals surface area contributed by atoms with E-state index in [1.807, 2.05) is 60.7 Å². The van der Waals surface area contributed by atoms with Gasteiger partial charge < -0.3 is 0 Å². The first-order valence-electron chi connectivity index (χ1n) is 9.90. The van der Waals surface area contributed by atoms with E-state index in [-0.39, 0.29) is 11.6 Å². The summed E-state index contributed by atoms with van der Waals surface area (Å²) in [6.45, 7) is 0. The Hall–Kier alpha value is -3.66. The van der Waals surface area contributed by atoms with Gasteiger partial charge in [0.05, 0.1) is 6.20 Å². The molecule has 2 heterocycles. The van der Waals surface area contributed by atoms with Gasteiger partial charge in [-0.3, -0.25) is 14.8 Å². The Kier molecular flexibility index (Phi) is 4.47. The fraction of sp³-hybridized carbons (Fsp3) is 0.115. The van der Waals surface area contributed by atoms with Gasteiger partial charge in [0.15, 0.2) is 5.78 Å². The number of hydrogen-bond donors (Lipinski definition) is 0. The first-order valence-corrected chi connectivity index (χ1v) is 9.90. The zero-order valence-electron chi connectivity index (χ0n) is 16.3. The molecule has 1 aliphatic carbocycles. The zero-order chi connectivity index (χ0) is 20.6. The standard InChI is InChI=1S/C26H19FN2O/c27-24-17-29-14-11-19(24)16-26(15-18-9-12-28-13-10-18)22-7-3-1-5-20(22)25(30)21-6-2-4-8-23(21)26/h1-14,17H,15-16H2. The predicted octanol–water partition coefficient (Wildman–Crippen LogP) is 4.93. The molecule has 4 heteroatoms. The Bertz CT molecular complexity index is 1190. The molecule has 0 radical (unpaired) electrons. The van der Waals surface area contributed by atoms with Crippen molar-refractivity contribution >= 4 is 5.78 Å². The summed E-state index contributed by atoms with van der Waals surface area (Å²) in [4.78, 5) is 21.3. The molecule has 2 aromatic carbocycles. The summed E-state index contributed by atoms with van der Waals surface area (Å²) in [6, 6.07) is 21.1. The monoisotopic (exact) mass is 394 g/mol. The van der Waals surface area contributed by atoms with Gasteiger partial charge in [0.1, 0.15) is 5.82 Å². The highest BCUT2D eigenvalue weighted by atomic mass is 19.1. The largest absolute Gasteiger partial charge is 0.289 e. The fourth-order valence-electron chi connectivity index (χ4n) is 4.65. The number of ketones is 1. The molecule has 1 aliphatic rings. The van der Waals surface area contributed by atoms with Gasteiger partial charge >= 0.3 is 0 Å². The van der Waals surface area contributed by atoms with Crippen LogP contribution in [0.3, 0.4) is 0 Å². The minimum Gasteiger partial charge on any atom is -0.289 e. The van der Waals surface area contributed by atoms with E-state index in [2.05, 4.69) is 9.97 Å². The maximum absolute atomic E-state index is 14.7. The van der Waals surface area contributed by atoms with Gasteiger partial charge in [0, 0.05) is 35.1 Å². The fourth-order valence-corrected chi connectivity index (χ4v) is 4.65. The van der Waals surface area contributed by atoms with E-state index in [1.165, 1.54) is 6.20 Å². The molecule has 0 unspecified atom stereocenters. The van der Waals surface area contributed by atoms with Crippen molar-refractivity contribution in [1.29, 1.82) is 0 Å². The highest BCUT2D eigenvalue weighted by Gasteiger charge is 2.43. The van der Waals surface area contributed by atoms with Crippen molar-refractivity contribution in [2.75, 3.05) is 0 Å². The molecule has 5 rings (SSSR count). The number of fused-ring (bicyclic) bond motifs is 2. The Morgan fingerprint density at radius 3 is 1.97 bits per heavy atom. The van der Waals surface area contributed by atoms with E-state index < -0.39 is 5.41 Å². The van der Waals surface area contributed by atoms with E-state index >= 15 is 0 Å². The topological polar surface area (TPSA) is 42.9 Å². The smallest absolute Gasteiger partial charge is 0.193 e. The van der Waals surface area contributed by atoms with Crippen molar-refractivity contribution < 1.29 is 9.18 Å². The molecule has 0 saturated carbocycles. The number of aromatic nitrogens is 2. The molecule has 0 fully saturated rings. The van der Waals surface area contributed by atoms with Crippen LogP contribution in [0.5, 0.6) is 0 Å². The molecule has 0 aliphatic heterocycles. The molecule has 0 amide bonds. The lowest BCUT2D eigenvalue weighted by atomic mass is 9.61. The van der Waals surface area contributed by atoms with Crippen LogP contribution in [-0.4, -0.2) is 15.8 Å². The van der Waals surface area contributed by atoms with Gasteiger partial charge in [-0.05, 0) is 53.3 Å². The summed E-state index contributed by atoms with van der Waals surface area (Å²) in [5, 5.41) is 0. The lowest BCUT2D eigenvalue weighted by molar-refractivity contribution is 0.102. The number of rotatable bonds is 4. The maximum Gasteiger partial charge on any atom is 0.193 e. The second-order valence-corrected chi connectivity index (χ2v) is 7.68. The summed E-state index contributed by atoms with van der Waals surface area (Å²) in [6.07, 6.45) is 7.44. The van der Waals surface area contributed by atoms with E-state index in [1.54, 1.807) is 24.7 Å². The average Bonchev–Trinajstić information content (AvgIpc) is 2.80. The quantitative estimate of drug-likeness (QED) is 0.493. The molecule has 0 spiro atoms. The van der Waals surface area contributed by atoms with Crippen molar-refractivity contribution in [2.45, 2.75) is 18.3 Å². The van der Waals surface area contributed by atoms with Crippen molar-refractivity contribution in [1.82, 2.24) is 9.97 Å². The second kappa shape index (κ2) is 7.30. The molecule has 4 aromatic rings. The molecular weight excluding hydrogens is 375 g/mol. The summed E-state index contributed by atoms with van der Waals surface area (Å²) >= 11 is 0. The third kappa shape index (κ3) is 2.92. The SMILES string of the molecule is O=C1c2ccccc2C(Cc2ccncc2)(Cc2ccncc2F)c2ccccc21. The highest BCUT2D eigenvalue weighted by Crippen LogP contribution is 2.46. The number of nitrogens with zero attached hydrogens (tertiary/aromatic N) is 2. The molecule has 0 saturated heterocycles. The van der Waals surface area contributed by atoms with Gasteiger partial charge in [-0.25, -0.2) is 4.39 Å². The van der Waals surface area contributed by atoms with E-state index in [0.717, 1.165) is 16.7 Å². The van der Waals surface area contributed by atoms with Crippen molar-refractivity contribution in [3.05, 3.63) is 131 Å². The van der Waals surface area contributed by atoms with Crippen LogP contribution in [0, 0.1) is 5.82 Å². The van der Waals surface area contributed by atoms with Crippen LogP contribution >= 0.6 is 0 Å². The number of carbonyl (C=O) groups is 1. The summed E-state index contributed by atoms with van der Waals surface area (Å²) in [5.41, 5.74) is 4.30. The molecule has 3 nitrogen and oxygen atoms in total. The summed E-state index contributed by atoms with van der Waals surface area (Å²) < 4.78 is 14.7. The number of halogens is 1. The maximum atomic E-state index is 14.7. The van der Waals surface area contributed by atoms with Crippen LogP contribution in [0.1, 0.15) is 38.2 Å². The van der Waals surface area contributed by atoms with Crippen LogP contribution in [-0.2, 0) is 18.3 Å². The molecule has 0 bridgehead atoms. The Balaban J connectivity index is 1.81. The third-order valence-electron chi connectivity index (χ3n) is 5.98. The first kappa shape index (κ1) is 18.4. The van der Waals surface area contributed by atoms with Gasteiger partial charge in [0.2, 0.25) is 0 Å². The predicted molar refractivity (Wildman–Crippen MR) is 113 cm³/mol. The number of pyridine rings is 2. The highest BCUT2D eigenvalue weighted by molar-refractivity contribution is 6.13.